The normalized spacial score (nSPS) is 9.85. The van der Waals surface area contributed by atoms with Crippen LogP contribution in [0.15, 0.2) is 0 Å². The van der Waals surface area contributed by atoms with Crippen molar-refractivity contribution in [2.24, 2.45) is 5.73 Å². The van der Waals surface area contributed by atoms with Gasteiger partial charge in [-0.25, -0.2) is 0 Å². The summed E-state index contributed by atoms with van der Waals surface area (Å²) in [5, 5.41) is 15.4. The molecule has 0 aliphatic heterocycles. The fraction of sp³-hybridized carbons (Fsp3) is 0.846. The van der Waals surface area contributed by atoms with E-state index in [2.05, 4.69) is 6.92 Å². The zero-order valence-electron chi connectivity index (χ0n) is 14.5. The summed E-state index contributed by atoms with van der Waals surface area (Å²) in [6, 6.07) is 0. The summed E-state index contributed by atoms with van der Waals surface area (Å²) >= 11 is 0. The number of unbranched alkanes of at least 4 members (excludes halogenated alkanes) is 1. The molecule has 0 saturated heterocycles. The van der Waals surface area contributed by atoms with Crippen LogP contribution < -0.4 is 35.3 Å². The van der Waals surface area contributed by atoms with Crippen LogP contribution in [0, 0.1) is 0 Å². The number of ether oxygens (including phenoxy) is 1. The molecule has 0 aliphatic rings. The molecular formula is C13H30NNaO5. The smallest absolute Gasteiger partial charge is 1.00 e. The van der Waals surface area contributed by atoms with Gasteiger partial charge in [0.15, 0.2) is 0 Å². The van der Waals surface area contributed by atoms with Crippen LogP contribution >= 0.6 is 0 Å². The van der Waals surface area contributed by atoms with Crippen molar-refractivity contribution in [3.63, 3.8) is 0 Å². The molecule has 6 nitrogen and oxygen atoms in total. The van der Waals surface area contributed by atoms with Crippen LogP contribution in [-0.4, -0.2) is 35.0 Å². The van der Waals surface area contributed by atoms with Gasteiger partial charge in [0.05, 0.1) is 0 Å². The van der Waals surface area contributed by atoms with Gasteiger partial charge in [0.2, 0.25) is 0 Å². The Morgan fingerprint density at radius 2 is 1.45 bits per heavy atom. The SMILES string of the molecule is CCC(=O)O.CCC(=O)O.CCCCOC(N)CC.[H-].[Na+]. The van der Waals surface area contributed by atoms with Crippen molar-refractivity contribution >= 4 is 11.9 Å². The molecule has 0 aliphatic carbocycles. The summed E-state index contributed by atoms with van der Waals surface area (Å²) in [6.45, 7) is 8.17. The molecule has 20 heavy (non-hydrogen) atoms. The van der Waals surface area contributed by atoms with Crippen molar-refractivity contribution in [2.75, 3.05) is 6.61 Å². The zero-order chi connectivity index (χ0) is 15.7. The number of hydrogen-bond acceptors (Lipinski definition) is 4. The Labute approximate surface area is 145 Å². The van der Waals surface area contributed by atoms with Crippen molar-refractivity contribution in [2.45, 2.75) is 66.0 Å². The van der Waals surface area contributed by atoms with E-state index in [1.807, 2.05) is 6.92 Å². The minimum atomic E-state index is -0.745. The van der Waals surface area contributed by atoms with Crippen LogP contribution in [0.4, 0.5) is 0 Å². The molecule has 0 radical (unpaired) electrons. The minimum absolute atomic E-state index is 0. The van der Waals surface area contributed by atoms with Crippen molar-refractivity contribution in [1.29, 1.82) is 0 Å². The molecule has 7 heteroatoms. The summed E-state index contributed by atoms with van der Waals surface area (Å²) in [7, 11) is 0. The standard InChI is InChI=1S/C7H17NO.2C3H6O2.Na.H/c1-3-5-6-9-7(8)4-2;2*1-2-3(4)5;;/h7H,3-6,8H2,1-2H3;2*2H2,1H3,(H,4,5);;/q;;;+1;-1. The van der Waals surface area contributed by atoms with Gasteiger partial charge in [-0.3, -0.25) is 9.59 Å². The van der Waals surface area contributed by atoms with Crippen LogP contribution in [0.25, 0.3) is 0 Å². The molecule has 1 atom stereocenters. The van der Waals surface area contributed by atoms with Crippen LogP contribution in [0.1, 0.15) is 61.2 Å². The molecule has 0 aromatic heterocycles. The van der Waals surface area contributed by atoms with E-state index >= 15 is 0 Å². The van der Waals surface area contributed by atoms with E-state index < -0.39 is 11.9 Å². The van der Waals surface area contributed by atoms with Crippen molar-refractivity contribution in [1.82, 2.24) is 0 Å². The van der Waals surface area contributed by atoms with Gasteiger partial charge in [0.25, 0.3) is 0 Å². The Morgan fingerprint density at radius 1 is 1.10 bits per heavy atom. The number of hydrogen-bond donors (Lipinski definition) is 3. The van der Waals surface area contributed by atoms with E-state index in [0.717, 1.165) is 19.4 Å². The molecule has 0 spiro atoms. The first kappa shape index (κ1) is 28.1. The molecule has 1 unspecified atom stereocenters. The fourth-order valence-corrected chi connectivity index (χ4v) is 0.497. The molecular weight excluding hydrogens is 273 g/mol. The van der Waals surface area contributed by atoms with Gasteiger partial charge in [-0.15, -0.1) is 0 Å². The van der Waals surface area contributed by atoms with E-state index in [4.69, 9.17) is 20.7 Å². The molecule has 0 heterocycles. The summed E-state index contributed by atoms with van der Waals surface area (Å²) in [5.74, 6) is -1.49. The summed E-state index contributed by atoms with van der Waals surface area (Å²) in [5.41, 5.74) is 5.49. The number of carbonyl (C=O) groups is 2. The molecule has 0 aromatic rings. The first-order valence-corrected chi connectivity index (χ1v) is 6.66. The van der Waals surface area contributed by atoms with Crippen LogP contribution in [0.5, 0.6) is 0 Å². The van der Waals surface area contributed by atoms with E-state index in [9.17, 15) is 9.59 Å². The van der Waals surface area contributed by atoms with Gasteiger partial charge in [-0.1, -0.05) is 34.1 Å². The zero-order valence-corrected chi connectivity index (χ0v) is 15.5. The number of aliphatic carboxylic acids is 2. The maximum atomic E-state index is 9.37. The fourth-order valence-electron chi connectivity index (χ4n) is 0.497. The average molecular weight is 303 g/mol. The van der Waals surface area contributed by atoms with Crippen LogP contribution in [-0.2, 0) is 14.3 Å². The third-order valence-electron chi connectivity index (χ3n) is 1.84. The second kappa shape index (κ2) is 23.9. The summed E-state index contributed by atoms with van der Waals surface area (Å²) < 4.78 is 5.21. The van der Waals surface area contributed by atoms with E-state index in [1.165, 1.54) is 6.42 Å². The molecule has 118 valence electrons. The Bertz CT molecular complexity index is 207. The van der Waals surface area contributed by atoms with Crippen molar-refractivity contribution in [3.05, 3.63) is 0 Å². The number of carboxylic acid groups (broad SMARTS) is 2. The quantitative estimate of drug-likeness (QED) is 0.335. The van der Waals surface area contributed by atoms with Crippen molar-refractivity contribution < 1.29 is 55.5 Å². The predicted molar refractivity (Wildman–Crippen MR) is 76.1 cm³/mol. The molecule has 0 amide bonds. The van der Waals surface area contributed by atoms with Gasteiger partial charge < -0.3 is 22.1 Å². The van der Waals surface area contributed by atoms with E-state index in [1.54, 1.807) is 13.8 Å². The second-order valence-corrected chi connectivity index (χ2v) is 3.67. The predicted octanol–water partition coefficient (Wildman–Crippen LogP) is -0.424. The maximum Gasteiger partial charge on any atom is 1.00 e. The average Bonchev–Trinajstić information content (AvgIpc) is 2.40. The molecule has 4 N–H and O–H groups in total. The Balaban J connectivity index is -0.0000000622. The van der Waals surface area contributed by atoms with Gasteiger partial charge in [0.1, 0.15) is 6.23 Å². The largest absolute Gasteiger partial charge is 1.00 e. The van der Waals surface area contributed by atoms with Crippen LogP contribution in [0.3, 0.4) is 0 Å². The van der Waals surface area contributed by atoms with Gasteiger partial charge >= 0.3 is 41.5 Å². The van der Waals surface area contributed by atoms with Gasteiger partial charge in [0, 0.05) is 19.4 Å². The van der Waals surface area contributed by atoms with Gasteiger partial charge in [-0.2, -0.15) is 0 Å². The molecule has 0 fully saturated rings. The molecule has 0 bridgehead atoms. The number of rotatable bonds is 7. The molecule has 0 aromatic carbocycles. The Kier molecular flexibility index (Phi) is 33.6. The van der Waals surface area contributed by atoms with Crippen LogP contribution in [0.2, 0.25) is 0 Å². The first-order chi connectivity index (χ1) is 8.85. The topological polar surface area (TPSA) is 110 Å². The second-order valence-electron chi connectivity index (χ2n) is 3.67. The third-order valence-corrected chi connectivity index (χ3v) is 1.84. The minimum Gasteiger partial charge on any atom is -1.00 e. The molecule has 0 saturated carbocycles. The van der Waals surface area contributed by atoms with E-state index in [-0.39, 0.29) is 50.1 Å². The Morgan fingerprint density at radius 3 is 1.65 bits per heavy atom. The summed E-state index contributed by atoms with van der Waals surface area (Å²) in [4.78, 5) is 18.7. The van der Waals surface area contributed by atoms with Crippen molar-refractivity contribution in [3.8, 4) is 0 Å². The Hall–Kier alpha value is -0.140. The summed E-state index contributed by atoms with van der Waals surface area (Å²) in [6.07, 6.45) is 3.60. The third kappa shape index (κ3) is 43.0. The molecule has 0 rings (SSSR count). The monoisotopic (exact) mass is 303 g/mol. The maximum absolute atomic E-state index is 9.37. The van der Waals surface area contributed by atoms with E-state index in [0.29, 0.717) is 0 Å². The first-order valence-electron chi connectivity index (χ1n) is 6.66. The number of nitrogens with two attached hydrogens (primary N) is 1. The number of carboxylic acids is 2. The van der Waals surface area contributed by atoms with Gasteiger partial charge in [-0.05, 0) is 12.8 Å².